The van der Waals surface area contributed by atoms with Gasteiger partial charge in [0.1, 0.15) is 17.3 Å². The maximum absolute atomic E-state index is 12.5. The topological polar surface area (TPSA) is 79.8 Å². The molecule has 1 amide bonds. The third-order valence-electron chi connectivity index (χ3n) is 3.70. The van der Waals surface area contributed by atoms with Crippen molar-refractivity contribution in [3.8, 4) is 0 Å². The lowest BCUT2D eigenvalue weighted by Crippen LogP contribution is -2.16. The smallest absolute Gasteiger partial charge is 0.274 e. The molecule has 0 aliphatic heterocycles. The summed E-state index contributed by atoms with van der Waals surface area (Å²) in [4.78, 5) is 25.1. The highest BCUT2D eigenvalue weighted by molar-refractivity contribution is 6.31. The van der Waals surface area contributed by atoms with E-state index < -0.39 is 0 Å². The highest BCUT2D eigenvalue weighted by Crippen LogP contribution is 2.20. The Balaban J connectivity index is 1.73. The van der Waals surface area contributed by atoms with Gasteiger partial charge in [0, 0.05) is 35.7 Å². The lowest BCUT2D eigenvalue weighted by molar-refractivity contribution is 0.102. The fraction of sp³-hybridized carbons (Fsp3) is 0.158. The van der Waals surface area contributed by atoms with Crippen molar-refractivity contribution in [2.24, 2.45) is 0 Å². The van der Waals surface area contributed by atoms with Gasteiger partial charge < -0.3 is 10.6 Å². The van der Waals surface area contributed by atoms with Crippen molar-refractivity contribution >= 4 is 29.0 Å². The molecule has 7 heteroatoms. The molecule has 0 spiro atoms. The van der Waals surface area contributed by atoms with Gasteiger partial charge in [0.25, 0.3) is 5.91 Å². The number of halogens is 1. The molecule has 2 aromatic heterocycles. The monoisotopic (exact) mass is 367 g/mol. The van der Waals surface area contributed by atoms with Gasteiger partial charge in [-0.2, -0.15) is 0 Å². The summed E-state index contributed by atoms with van der Waals surface area (Å²) in [6.07, 6.45) is 3.49. The van der Waals surface area contributed by atoms with Crippen molar-refractivity contribution in [1.29, 1.82) is 0 Å². The van der Waals surface area contributed by atoms with Crippen molar-refractivity contribution in [2.45, 2.75) is 20.4 Å². The van der Waals surface area contributed by atoms with E-state index in [0.717, 1.165) is 11.1 Å². The number of hydrogen-bond acceptors (Lipinski definition) is 5. The molecule has 3 rings (SSSR count). The van der Waals surface area contributed by atoms with Crippen molar-refractivity contribution in [2.75, 3.05) is 10.6 Å². The van der Waals surface area contributed by atoms with Crippen molar-refractivity contribution in [1.82, 2.24) is 15.0 Å². The standard InChI is InChI=1S/C19H18ClN5O/c1-12-5-6-15(8-16(12)20)25-19(26)17-9-18(24-13(2)23-17)22-11-14-4-3-7-21-10-14/h3-10H,11H2,1-2H3,(H,25,26)(H,22,23,24). The number of nitrogens with zero attached hydrogens (tertiary/aromatic N) is 3. The van der Waals surface area contributed by atoms with Crippen molar-refractivity contribution < 1.29 is 4.79 Å². The van der Waals surface area contributed by atoms with E-state index in [1.54, 1.807) is 37.5 Å². The lowest BCUT2D eigenvalue weighted by Gasteiger charge is -2.10. The molecule has 0 bridgehead atoms. The maximum Gasteiger partial charge on any atom is 0.274 e. The second-order valence-corrected chi connectivity index (χ2v) is 6.23. The van der Waals surface area contributed by atoms with Crippen molar-refractivity contribution in [3.05, 3.63) is 76.5 Å². The first-order chi connectivity index (χ1) is 12.5. The number of benzene rings is 1. The Morgan fingerprint density at radius 1 is 1.15 bits per heavy atom. The molecule has 3 aromatic rings. The van der Waals surface area contributed by atoms with Gasteiger partial charge in [0.2, 0.25) is 0 Å². The Morgan fingerprint density at radius 2 is 2.00 bits per heavy atom. The number of anilines is 2. The first-order valence-corrected chi connectivity index (χ1v) is 8.45. The molecule has 0 radical (unpaired) electrons. The zero-order chi connectivity index (χ0) is 18.5. The molecule has 0 atom stereocenters. The van der Waals surface area contributed by atoms with Crippen LogP contribution in [-0.4, -0.2) is 20.9 Å². The SMILES string of the molecule is Cc1nc(NCc2cccnc2)cc(C(=O)Nc2ccc(C)c(Cl)c2)n1. The molecule has 2 N–H and O–H groups in total. The second kappa shape index (κ2) is 7.93. The quantitative estimate of drug-likeness (QED) is 0.712. The number of pyridine rings is 1. The van der Waals surface area contributed by atoms with Crippen LogP contribution in [-0.2, 0) is 6.54 Å². The summed E-state index contributed by atoms with van der Waals surface area (Å²) in [5, 5.41) is 6.59. The van der Waals surface area contributed by atoms with E-state index in [0.29, 0.717) is 28.9 Å². The third-order valence-corrected chi connectivity index (χ3v) is 4.10. The average Bonchev–Trinajstić information content (AvgIpc) is 2.63. The highest BCUT2D eigenvalue weighted by Gasteiger charge is 2.11. The molecule has 0 unspecified atom stereocenters. The normalized spacial score (nSPS) is 10.4. The van der Waals surface area contributed by atoms with Gasteiger partial charge in [-0.25, -0.2) is 9.97 Å². The predicted molar refractivity (Wildman–Crippen MR) is 102 cm³/mol. The van der Waals surface area contributed by atoms with Crippen LogP contribution in [0.25, 0.3) is 0 Å². The van der Waals surface area contributed by atoms with Gasteiger partial charge in [0.15, 0.2) is 0 Å². The minimum Gasteiger partial charge on any atom is -0.366 e. The number of amides is 1. The van der Waals surface area contributed by atoms with Crippen LogP contribution in [0.5, 0.6) is 0 Å². The first kappa shape index (κ1) is 17.8. The number of carbonyl (C=O) groups is 1. The summed E-state index contributed by atoms with van der Waals surface area (Å²) in [5.74, 6) is 0.765. The number of carbonyl (C=O) groups excluding carboxylic acids is 1. The molecule has 0 saturated carbocycles. The molecule has 0 fully saturated rings. The zero-order valence-corrected chi connectivity index (χ0v) is 15.2. The molecule has 0 aliphatic carbocycles. The van der Waals surface area contributed by atoms with Gasteiger partial charge >= 0.3 is 0 Å². The van der Waals surface area contributed by atoms with Gasteiger partial charge in [-0.05, 0) is 43.2 Å². The molecule has 26 heavy (non-hydrogen) atoms. The maximum atomic E-state index is 12.5. The molecule has 6 nitrogen and oxygen atoms in total. The zero-order valence-electron chi connectivity index (χ0n) is 14.5. The first-order valence-electron chi connectivity index (χ1n) is 8.07. The molecular weight excluding hydrogens is 350 g/mol. The van der Waals surface area contributed by atoms with E-state index >= 15 is 0 Å². The van der Waals surface area contributed by atoms with Gasteiger partial charge in [0.05, 0.1) is 0 Å². The van der Waals surface area contributed by atoms with E-state index in [2.05, 4.69) is 25.6 Å². The fourth-order valence-corrected chi connectivity index (χ4v) is 2.52. The minimum absolute atomic E-state index is 0.280. The summed E-state index contributed by atoms with van der Waals surface area (Å²) in [5.41, 5.74) is 2.86. The Labute approximate surface area is 156 Å². The summed E-state index contributed by atoms with van der Waals surface area (Å²) in [7, 11) is 0. The summed E-state index contributed by atoms with van der Waals surface area (Å²) in [6.45, 7) is 4.20. The Kier molecular flexibility index (Phi) is 5.43. The minimum atomic E-state index is -0.320. The van der Waals surface area contributed by atoms with Crippen LogP contribution in [0.3, 0.4) is 0 Å². The molecule has 1 aromatic carbocycles. The Morgan fingerprint density at radius 3 is 2.73 bits per heavy atom. The van der Waals surface area contributed by atoms with E-state index in [1.807, 2.05) is 25.1 Å². The summed E-state index contributed by atoms with van der Waals surface area (Å²) >= 11 is 6.10. The lowest BCUT2D eigenvalue weighted by atomic mass is 10.2. The van der Waals surface area contributed by atoms with Crippen LogP contribution in [0.1, 0.15) is 27.4 Å². The van der Waals surface area contributed by atoms with Crippen LogP contribution in [0, 0.1) is 13.8 Å². The van der Waals surface area contributed by atoms with Crippen molar-refractivity contribution in [3.63, 3.8) is 0 Å². The number of aromatic nitrogens is 3. The largest absolute Gasteiger partial charge is 0.366 e. The number of hydrogen-bond donors (Lipinski definition) is 2. The van der Waals surface area contributed by atoms with Crippen LogP contribution in [0.15, 0.2) is 48.8 Å². The number of nitrogens with one attached hydrogen (secondary N) is 2. The predicted octanol–water partition coefficient (Wildman–Crippen LogP) is 4.01. The van der Waals surface area contributed by atoms with Gasteiger partial charge in [-0.1, -0.05) is 23.7 Å². The van der Waals surface area contributed by atoms with Crippen LogP contribution >= 0.6 is 11.6 Å². The van der Waals surface area contributed by atoms with Crippen LogP contribution in [0.4, 0.5) is 11.5 Å². The van der Waals surface area contributed by atoms with E-state index in [4.69, 9.17) is 11.6 Å². The molecule has 2 heterocycles. The number of rotatable bonds is 5. The molecular formula is C19H18ClN5O. The average molecular weight is 368 g/mol. The van der Waals surface area contributed by atoms with Crippen LogP contribution < -0.4 is 10.6 Å². The van der Waals surface area contributed by atoms with Crippen LogP contribution in [0.2, 0.25) is 5.02 Å². The van der Waals surface area contributed by atoms with E-state index in [9.17, 15) is 4.79 Å². The highest BCUT2D eigenvalue weighted by atomic mass is 35.5. The van der Waals surface area contributed by atoms with Gasteiger partial charge in [-0.3, -0.25) is 9.78 Å². The molecule has 132 valence electrons. The number of aryl methyl sites for hydroxylation is 2. The van der Waals surface area contributed by atoms with E-state index in [-0.39, 0.29) is 11.6 Å². The Bertz CT molecular complexity index is 930. The Hall–Kier alpha value is -2.99. The van der Waals surface area contributed by atoms with Gasteiger partial charge in [-0.15, -0.1) is 0 Å². The molecule has 0 saturated heterocycles. The fourth-order valence-electron chi connectivity index (χ4n) is 2.34. The summed E-state index contributed by atoms with van der Waals surface area (Å²) < 4.78 is 0. The van der Waals surface area contributed by atoms with E-state index in [1.165, 1.54) is 0 Å². The summed E-state index contributed by atoms with van der Waals surface area (Å²) in [6, 6.07) is 10.8. The third kappa shape index (κ3) is 4.55. The second-order valence-electron chi connectivity index (χ2n) is 5.82. The molecule has 0 aliphatic rings.